The molecule has 2 aromatic rings. The number of hydrogen-bond donors (Lipinski definition) is 1. The van der Waals surface area contributed by atoms with Gasteiger partial charge in [-0.15, -0.1) is 5.92 Å². The lowest BCUT2D eigenvalue weighted by molar-refractivity contribution is 0.561. The van der Waals surface area contributed by atoms with Crippen LogP contribution >= 0.6 is 0 Å². The second-order valence-corrected chi connectivity index (χ2v) is 5.01. The predicted octanol–water partition coefficient (Wildman–Crippen LogP) is 1.74. The number of anilines is 1. The molecular weight excluding hydrogens is 252 g/mol. The van der Waals surface area contributed by atoms with E-state index in [-0.39, 0.29) is 5.56 Å². The van der Waals surface area contributed by atoms with E-state index < -0.39 is 0 Å². The molecule has 0 unspecified atom stereocenters. The SMILES string of the molecule is CC#CCn1c(N2CCCCC2)nc2cc[nH]c(=O)c21. The van der Waals surface area contributed by atoms with E-state index in [1.165, 1.54) is 19.3 Å². The first-order valence-corrected chi connectivity index (χ1v) is 7.04. The molecule has 0 amide bonds. The summed E-state index contributed by atoms with van der Waals surface area (Å²) in [5, 5.41) is 0. The number of fused-ring (bicyclic) bond motifs is 1. The first-order valence-electron chi connectivity index (χ1n) is 7.04. The highest BCUT2D eigenvalue weighted by atomic mass is 16.1. The van der Waals surface area contributed by atoms with Crippen molar-refractivity contribution in [2.45, 2.75) is 32.7 Å². The lowest BCUT2D eigenvalue weighted by atomic mass is 10.1. The minimum atomic E-state index is -0.101. The number of nitrogens with one attached hydrogen (secondary N) is 1. The van der Waals surface area contributed by atoms with Crippen LogP contribution < -0.4 is 10.5 Å². The third-order valence-electron chi connectivity index (χ3n) is 3.70. The van der Waals surface area contributed by atoms with Crippen LogP contribution in [0.15, 0.2) is 17.1 Å². The highest BCUT2D eigenvalue weighted by Crippen LogP contribution is 2.22. The van der Waals surface area contributed by atoms with Crippen LogP contribution in [0.3, 0.4) is 0 Å². The van der Waals surface area contributed by atoms with Crippen molar-refractivity contribution >= 4 is 17.0 Å². The van der Waals surface area contributed by atoms with E-state index in [0.717, 1.165) is 24.6 Å². The topological polar surface area (TPSA) is 53.9 Å². The molecule has 3 rings (SSSR count). The Bertz CT molecular complexity index is 726. The molecule has 2 aromatic heterocycles. The number of H-pyrrole nitrogens is 1. The van der Waals surface area contributed by atoms with Gasteiger partial charge in [0.25, 0.3) is 5.56 Å². The molecule has 20 heavy (non-hydrogen) atoms. The number of imidazole rings is 1. The summed E-state index contributed by atoms with van der Waals surface area (Å²) < 4.78 is 1.94. The van der Waals surface area contributed by atoms with Crippen molar-refractivity contribution in [3.8, 4) is 11.8 Å². The molecule has 0 aromatic carbocycles. The van der Waals surface area contributed by atoms with Crippen molar-refractivity contribution in [1.29, 1.82) is 0 Å². The number of rotatable bonds is 2. The van der Waals surface area contributed by atoms with Crippen LogP contribution in [-0.2, 0) is 6.54 Å². The van der Waals surface area contributed by atoms with Gasteiger partial charge in [0.05, 0.1) is 12.1 Å². The molecule has 1 fully saturated rings. The Balaban J connectivity index is 2.15. The third kappa shape index (κ3) is 2.18. The quantitative estimate of drug-likeness (QED) is 0.846. The minimum Gasteiger partial charge on any atom is -0.342 e. The molecule has 5 nitrogen and oxygen atoms in total. The summed E-state index contributed by atoms with van der Waals surface area (Å²) in [6.45, 7) is 4.32. The lowest BCUT2D eigenvalue weighted by Crippen LogP contribution is -2.32. The molecule has 1 saturated heterocycles. The van der Waals surface area contributed by atoms with E-state index in [4.69, 9.17) is 0 Å². The number of aromatic nitrogens is 3. The van der Waals surface area contributed by atoms with E-state index in [2.05, 4.69) is 26.7 Å². The summed E-state index contributed by atoms with van der Waals surface area (Å²) in [6, 6.07) is 1.85. The van der Waals surface area contributed by atoms with Crippen LogP contribution in [0.2, 0.25) is 0 Å². The average molecular weight is 270 g/mol. The van der Waals surface area contributed by atoms with Crippen LogP contribution in [0.1, 0.15) is 26.2 Å². The first kappa shape index (κ1) is 12.8. The summed E-state index contributed by atoms with van der Waals surface area (Å²) in [5.74, 6) is 6.81. The number of nitrogens with zero attached hydrogens (tertiary/aromatic N) is 3. The molecule has 0 radical (unpaired) electrons. The van der Waals surface area contributed by atoms with Crippen LogP contribution in [0, 0.1) is 11.8 Å². The normalized spacial score (nSPS) is 15.2. The zero-order chi connectivity index (χ0) is 13.9. The van der Waals surface area contributed by atoms with Crippen LogP contribution in [0.25, 0.3) is 11.0 Å². The van der Waals surface area contributed by atoms with E-state index in [1.807, 2.05) is 17.6 Å². The monoisotopic (exact) mass is 270 g/mol. The van der Waals surface area contributed by atoms with Gasteiger partial charge >= 0.3 is 0 Å². The molecule has 0 spiro atoms. The Labute approximate surface area is 117 Å². The van der Waals surface area contributed by atoms with Crippen molar-refractivity contribution in [3.63, 3.8) is 0 Å². The summed E-state index contributed by atoms with van der Waals surface area (Å²) in [5.41, 5.74) is 1.26. The number of aromatic amines is 1. The second kappa shape index (κ2) is 5.41. The summed E-state index contributed by atoms with van der Waals surface area (Å²) in [4.78, 5) is 21.7. The third-order valence-corrected chi connectivity index (χ3v) is 3.70. The van der Waals surface area contributed by atoms with E-state index >= 15 is 0 Å². The maximum atomic E-state index is 12.1. The van der Waals surface area contributed by atoms with Crippen molar-refractivity contribution < 1.29 is 0 Å². The Morgan fingerprint density at radius 2 is 2.15 bits per heavy atom. The summed E-state index contributed by atoms with van der Waals surface area (Å²) in [6.07, 6.45) is 5.28. The lowest BCUT2D eigenvalue weighted by Gasteiger charge is -2.27. The molecule has 0 bridgehead atoms. The van der Waals surface area contributed by atoms with Crippen molar-refractivity contribution in [3.05, 3.63) is 22.6 Å². The Morgan fingerprint density at radius 3 is 2.90 bits per heavy atom. The highest BCUT2D eigenvalue weighted by Gasteiger charge is 2.20. The fourth-order valence-corrected chi connectivity index (χ4v) is 2.72. The zero-order valence-electron chi connectivity index (χ0n) is 11.6. The van der Waals surface area contributed by atoms with Gasteiger partial charge in [-0.2, -0.15) is 0 Å². The molecule has 0 saturated carbocycles. The molecule has 1 N–H and O–H groups in total. The first-order chi connectivity index (χ1) is 9.81. The summed E-state index contributed by atoms with van der Waals surface area (Å²) in [7, 11) is 0. The van der Waals surface area contributed by atoms with Crippen LogP contribution in [0.5, 0.6) is 0 Å². The minimum absolute atomic E-state index is 0.101. The molecule has 5 heteroatoms. The number of hydrogen-bond acceptors (Lipinski definition) is 3. The molecule has 1 aliphatic heterocycles. The predicted molar refractivity (Wildman–Crippen MR) is 79.9 cm³/mol. The fraction of sp³-hybridized carbons (Fsp3) is 0.467. The summed E-state index contributed by atoms with van der Waals surface area (Å²) >= 11 is 0. The molecule has 0 aliphatic carbocycles. The maximum Gasteiger partial charge on any atom is 0.274 e. The molecule has 104 valence electrons. The largest absolute Gasteiger partial charge is 0.342 e. The molecule has 3 heterocycles. The van der Waals surface area contributed by atoms with E-state index in [0.29, 0.717) is 12.1 Å². The number of pyridine rings is 1. The Hall–Kier alpha value is -2.22. The average Bonchev–Trinajstić information content (AvgIpc) is 2.86. The second-order valence-electron chi connectivity index (χ2n) is 5.01. The zero-order valence-corrected chi connectivity index (χ0v) is 11.6. The van der Waals surface area contributed by atoms with Gasteiger partial charge in [0.15, 0.2) is 0 Å². The van der Waals surface area contributed by atoms with Crippen LogP contribution in [0.4, 0.5) is 5.95 Å². The smallest absolute Gasteiger partial charge is 0.274 e. The van der Waals surface area contributed by atoms with Gasteiger partial charge in [-0.25, -0.2) is 4.98 Å². The number of piperidine rings is 1. The van der Waals surface area contributed by atoms with Gasteiger partial charge < -0.3 is 9.88 Å². The van der Waals surface area contributed by atoms with E-state index in [1.54, 1.807) is 6.20 Å². The molecule has 1 aliphatic rings. The van der Waals surface area contributed by atoms with Gasteiger partial charge in [-0.1, -0.05) is 5.92 Å². The van der Waals surface area contributed by atoms with Gasteiger partial charge in [0.1, 0.15) is 5.52 Å². The highest BCUT2D eigenvalue weighted by molar-refractivity contribution is 5.77. The standard InChI is InChI=1S/C15H18N4O/c1-2-3-11-19-13-12(7-8-16-14(13)20)17-15(19)18-9-5-4-6-10-18/h7-8H,4-6,9-11H2,1H3,(H,16,20). The Morgan fingerprint density at radius 1 is 1.35 bits per heavy atom. The molecule has 0 atom stereocenters. The van der Waals surface area contributed by atoms with Crippen molar-refractivity contribution in [1.82, 2.24) is 14.5 Å². The van der Waals surface area contributed by atoms with Gasteiger partial charge in [0.2, 0.25) is 5.95 Å². The molecular formula is C15H18N4O. The maximum absolute atomic E-state index is 12.1. The van der Waals surface area contributed by atoms with Gasteiger partial charge in [-0.3, -0.25) is 9.36 Å². The Kier molecular flexibility index (Phi) is 3.46. The van der Waals surface area contributed by atoms with E-state index in [9.17, 15) is 4.79 Å². The van der Waals surface area contributed by atoms with Crippen molar-refractivity contribution in [2.24, 2.45) is 0 Å². The van der Waals surface area contributed by atoms with Gasteiger partial charge in [-0.05, 0) is 32.3 Å². The van der Waals surface area contributed by atoms with Crippen LogP contribution in [-0.4, -0.2) is 27.6 Å². The van der Waals surface area contributed by atoms with Crippen molar-refractivity contribution in [2.75, 3.05) is 18.0 Å². The van der Waals surface area contributed by atoms with Gasteiger partial charge in [0, 0.05) is 19.3 Å². The fourth-order valence-electron chi connectivity index (χ4n) is 2.72.